The van der Waals surface area contributed by atoms with Crippen LogP contribution in [0.3, 0.4) is 0 Å². The van der Waals surface area contributed by atoms with Crippen molar-refractivity contribution in [2.45, 2.75) is 32.5 Å². The fourth-order valence-electron chi connectivity index (χ4n) is 1.17. The minimum atomic E-state index is -0.711. The summed E-state index contributed by atoms with van der Waals surface area (Å²) >= 11 is 3.37. The Labute approximate surface area is 104 Å². The fourth-order valence-corrected chi connectivity index (χ4v) is 1.71. The lowest BCUT2D eigenvalue weighted by atomic mass is 10.1. The number of halogens is 1. The average Bonchev–Trinajstić information content (AvgIpc) is 2.18. The number of benzene rings is 1. The number of ether oxygens (including phenoxy) is 1. The highest BCUT2D eigenvalue weighted by molar-refractivity contribution is 9.10. The molecule has 0 fully saturated rings. The molecule has 0 aliphatic heterocycles. The predicted molar refractivity (Wildman–Crippen MR) is 66.5 cm³/mol. The van der Waals surface area contributed by atoms with Gasteiger partial charge >= 0.3 is 0 Å². The predicted octanol–water partition coefficient (Wildman–Crippen LogP) is 2.48. The van der Waals surface area contributed by atoms with Gasteiger partial charge in [-0.25, -0.2) is 0 Å². The summed E-state index contributed by atoms with van der Waals surface area (Å²) in [6.07, 6.45) is 0.571. The lowest BCUT2D eigenvalue weighted by Gasteiger charge is -2.17. The lowest BCUT2D eigenvalue weighted by Crippen LogP contribution is -2.21. The van der Waals surface area contributed by atoms with Crippen LogP contribution in [0.5, 0.6) is 5.75 Å². The van der Waals surface area contributed by atoms with Crippen molar-refractivity contribution in [2.24, 2.45) is 0 Å². The first-order valence-corrected chi connectivity index (χ1v) is 5.96. The lowest BCUT2D eigenvalue weighted by molar-refractivity contribution is 0.0552. The zero-order valence-corrected chi connectivity index (χ0v) is 11.1. The van der Waals surface area contributed by atoms with Crippen molar-refractivity contribution in [3.05, 3.63) is 28.2 Å². The minimum absolute atomic E-state index is 0.0164. The highest BCUT2D eigenvalue weighted by atomic mass is 79.9. The van der Waals surface area contributed by atoms with E-state index < -0.39 is 5.60 Å². The highest BCUT2D eigenvalue weighted by Gasteiger charge is 2.12. The molecule has 0 aliphatic carbocycles. The van der Waals surface area contributed by atoms with Gasteiger partial charge in [-0.2, -0.15) is 0 Å². The molecule has 3 nitrogen and oxygen atoms in total. The van der Waals surface area contributed by atoms with E-state index in [0.29, 0.717) is 13.0 Å². The Hall–Kier alpha value is -0.580. The van der Waals surface area contributed by atoms with Crippen LogP contribution in [0.15, 0.2) is 22.7 Å². The molecule has 16 heavy (non-hydrogen) atoms. The minimum Gasteiger partial charge on any atom is -0.492 e. The van der Waals surface area contributed by atoms with E-state index in [4.69, 9.17) is 9.84 Å². The van der Waals surface area contributed by atoms with E-state index in [-0.39, 0.29) is 6.61 Å². The zero-order chi connectivity index (χ0) is 12.2. The van der Waals surface area contributed by atoms with Crippen LogP contribution < -0.4 is 4.74 Å². The normalized spacial score (nSPS) is 11.6. The maximum absolute atomic E-state index is 9.52. The number of aliphatic hydroxyl groups excluding tert-OH is 1. The van der Waals surface area contributed by atoms with Gasteiger partial charge in [-0.1, -0.05) is 6.07 Å². The molecule has 1 aromatic carbocycles. The molecule has 0 atom stereocenters. The van der Waals surface area contributed by atoms with Gasteiger partial charge in [-0.05, 0) is 47.5 Å². The van der Waals surface area contributed by atoms with Crippen LogP contribution >= 0.6 is 15.9 Å². The third-order valence-corrected chi connectivity index (χ3v) is 2.77. The van der Waals surface area contributed by atoms with Crippen molar-refractivity contribution in [3.8, 4) is 5.75 Å². The molecular formula is C12H17BrO3. The van der Waals surface area contributed by atoms with Gasteiger partial charge in [0.25, 0.3) is 0 Å². The fraction of sp³-hybridized carbons (Fsp3) is 0.500. The smallest absolute Gasteiger partial charge is 0.133 e. The van der Waals surface area contributed by atoms with E-state index >= 15 is 0 Å². The van der Waals surface area contributed by atoms with Crippen LogP contribution in [0.2, 0.25) is 0 Å². The summed E-state index contributed by atoms with van der Waals surface area (Å²) in [4.78, 5) is 0. The van der Waals surface area contributed by atoms with Gasteiger partial charge in [0.2, 0.25) is 0 Å². The van der Waals surface area contributed by atoms with Crippen LogP contribution in [-0.4, -0.2) is 22.4 Å². The quantitative estimate of drug-likeness (QED) is 0.875. The third kappa shape index (κ3) is 4.51. The van der Waals surface area contributed by atoms with E-state index in [1.54, 1.807) is 19.9 Å². The molecule has 0 amide bonds. The molecule has 0 aliphatic rings. The third-order valence-electron chi connectivity index (χ3n) is 2.15. The largest absolute Gasteiger partial charge is 0.492 e. The van der Waals surface area contributed by atoms with Crippen molar-refractivity contribution in [1.82, 2.24) is 0 Å². The summed E-state index contributed by atoms with van der Waals surface area (Å²) in [5, 5.41) is 18.5. The summed E-state index contributed by atoms with van der Waals surface area (Å²) in [5.41, 5.74) is 0.124. The van der Waals surface area contributed by atoms with Crippen LogP contribution in [-0.2, 0) is 6.61 Å². The Morgan fingerprint density at radius 2 is 2.06 bits per heavy atom. The highest BCUT2D eigenvalue weighted by Crippen LogP contribution is 2.26. The van der Waals surface area contributed by atoms with E-state index in [2.05, 4.69) is 15.9 Å². The van der Waals surface area contributed by atoms with E-state index in [1.807, 2.05) is 12.1 Å². The molecule has 1 rings (SSSR count). The Morgan fingerprint density at radius 3 is 2.56 bits per heavy atom. The summed E-state index contributed by atoms with van der Waals surface area (Å²) in [5.74, 6) is 0.724. The number of hydrogen-bond acceptors (Lipinski definition) is 3. The first kappa shape index (κ1) is 13.5. The van der Waals surface area contributed by atoms with Crippen LogP contribution in [0.25, 0.3) is 0 Å². The Bertz CT molecular complexity index is 345. The summed E-state index contributed by atoms with van der Waals surface area (Å²) in [7, 11) is 0. The van der Waals surface area contributed by atoms with Gasteiger partial charge < -0.3 is 14.9 Å². The van der Waals surface area contributed by atoms with Gasteiger partial charge in [0.15, 0.2) is 0 Å². The van der Waals surface area contributed by atoms with Gasteiger partial charge in [-0.3, -0.25) is 0 Å². The van der Waals surface area contributed by atoms with Crippen molar-refractivity contribution >= 4 is 15.9 Å². The molecule has 0 saturated carbocycles. The maximum atomic E-state index is 9.52. The molecule has 90 valence electrons. The molecule has 0 bridgehead atoms. The van der Waals surface area contributed by atoms with Gasteiger partial charge in [0.05, 0.1) is 23.3 Å². The van der Waals surface area contributed by atoms with Gasteiger partial charge in [0.1, 0.15) is 5.75 Å². The molecule has 0 unspecified atom stereocenters. The Morgan fingerprint density at radius 1 is 1.38 bits per heavy atom. The van der Waals surface area contributed by atoms with Gasteiger partial charge in [0, 0.05) is 6.42 Å². The molecule has 2 N–H and O–H groups in total. The first-order chi connectivity index (χ1) is 7.42. The molecule has 0 aromatic heterocycles. The first-order valence-electron chi connectivity index (χ1n) is 5.17. The SMILES string of the molecule is CC(C)(O)CCOc1ccc(CO)cc1Br. The summed E-state index contributed by atoms with van der Waals surface area (Å²) in [6.45, 7) is 3.98. The standard InChI is InChI=1S/C12H17BrO3/c1-12(2,15)5-6-16-11-4-3-9(8-14)7-10(11)13/h3-4,7,14-15H,5-6,8H2,1-2H3. The molecule has 0 spiro atoms. The summed E-state index contributed by atoms with van der Waals surface area (Å²) in [6, 6.07) is 5.43. The molecule has 1 aromatic rings. The number of hydrogen-bond donors (Lipinski definition) is 2. The Balaban J connectivity index is 2.55. The maximum Gasteiger partial charge on any atom is 0.133 e. The van der Waals surface area contributed by atoms with E-state index in [0.717, 1.165) is 15.8 Å². The molecular weight excluding hydrogens is 272 g/mol. The zero-order valence-electron chi connectivity index (χ0n) is 9.53. The number of aliphatic hydroxyl groups is 2. The van der Waals surface area contributed by atoms with Crippen molar-refractivity contribution in [1.29, 1.82) is 0 Å². The second-order valence-corrected chi connectivity index (χ2v) is 5.19. The van der Waals surface area contributed by atoms with Crippen molar-refractivity contribution in [3.63, 3.8) is 0 Å². The van der Waals surface area contributed by atoms with E-state index in [9.17, 15) is 5.11 Å². The monoisotopic (exact) mass is 288 g/mol. The number of rotatable bonds is 5. The Kier molecular flexibility index (Phi) is 4.77. The second-order valence-electron chi connectivity index (χ2n) is 4.33. The summed E-state index contributed by atoms with van der Waals surface area (Å²) < 4.78 is 6.34. The molecule has 0 saturated heterocycles. The van der Waals surface area contributed by atoms with Crippen molar-refractivity contribution < 1.29 is 14.9 Å². The topological polar surface area (TPSA) is 49.7 Å². The molecule has 4 heteroatoms. The molecule has 0 heterocycles. The van der Waals surface area contributed by atoms with Crippen LogP contribution in [0.4, 0.5) is 0 Å². The van der Waals surface area contributed by atoms with Crippen LogP contribution in [0.1, 0.15) is 25.8 Å². The van der Waals surface area contributed by atoms with Crippen molar-refractivity contribution in [2.75, 3.05) is 6.61 Å². The second kappa shape index (κ2) is 5.66. The molecule has 0 radical (unpaired) electrons. The average molecular weight is 289 g/mol. The van der Waals surface area contributed by atoms with E-state index in [1.165, 1.54) is 0 Å². The van der Waals surface area contributed by atoms with Crippen LogP contribution in [0, 0.1) is 0 Å². The van der Waals surface area contributed by atoms with Gasteiger partial charge in [-0.15, -0.1) is 0 Å².